The summed E-state index contributed by atoms with van der Waals surface area (Å²) in [4.78, 5) is 16.1. The standard InChI is InChI=1S/C16H23NO3/c1-3-12-7-9-16(10-8-12,15(18)19)11-13-5-4-6-14(17-13)20-2/h4-6,12H,3,7-11H2,1-2H3,(H,18,19). The first kappa shape index (κ1) is 14.8. The van der Waals surface area contributed by atoms with Crippen LogP contribution in [-0.4, -0.2) is 23.2 Å². The maximum atomic E-state index is 11.8. The molecule has 1 aliphatic rings. The highest BCUT2D eigenvalue weighted by Crippen LogP contribution is 2.42. The van der Waals surface area contributed by atoms with Gasteiger partial charge in [-0.25, -0.2) is 4.98 Å². The van der Waals surface area contributed by atoms with Crippen LogP contribution in [0.4, 0.5) is 0 Å². The van der Waals surface area contributed by atoms with E-state index in [0.717, 1.165) is 37.8 Å². The molecule has 1 aliphatic carbocycles. The SMILES string of the molecule is CCC1CCC(Cc2cccc(OC)n2)(C(=O)O)CC1. The van der Waals surface area contributed by atoms with Crippen LogP contribution >= 0.6 is 0 Å². The van der Waals surface area contributed by atoms with Crippen molar-refractivity contribution in [1.82, 2.24) is 4.98 Å². The summed E-state index contributed by atoms with van der Waals surface area (Å²) < 4.78 is 5.11. The number of hydrogen-bond acceptors (Lipinski definition) is 3. The third-order valence-corrected chi connectivity index (χ3v) is 4.60. The molecule has 1 heterocycles. The van der Waals surface area contributed by atoms with Gasteiger partial charge >= 0.3 is 5.97 Å². The molecule has 0 saturated heterocycles. The number of hydrogen-bond donors (Lipinski definition) is 1. The van der Waals surface area contributed by atoms with Gasteiger partial charge in [0.25, 0.3) is 0 Å². The lowest BCUT2D eigenvalue weighted by atomic mass is 9.67. The van der Waals surface area contributed by atoms with E-state index >= 15 is 0 Å². The van der Waals surface area contributed by atoms with Crippen LogP contribution < -0.4 is 4.74 Å². The molecule has 1 aromatic heterocycles. The second-order valence-corrected chi connectivity index (χ2v) is 5.79. The zero-order valence-corrected chi connectivity index (χ0v) is 12.3. The van der Waals surface area contributed by atoms with Crippen LogP contribution in [0.5, 0.6) is 5.88 Å². The first-order chi connectivity index (χ1) is 9.59. The molecule has 2 rings (SSSR count). The molecule has 0 radical (unpaired) electrons. The van der Waals surface area contributed by atoms with E-state index in [0.29, 0.717) is 18.2 Å². The van der Waals surface area contributed by atoms with E-state index in [-0.39, 0.29) is 0 Å². The molecular weight excluding hydrogens is 254 g/mol. The minimum absolute atomic E-state index is 0.496. The van der Waals surface area contributed by atoms with E-state index < -0.39 is 11.4 Å². The number of ether oxygens (including phenoxy) is 1. The van der Waals surface area contributed by atoms with E-state index in [1.807, 2.05) is 12.1 Å². The fraction of sp³-hybridized carbons (Fsp3) is 0.625. The highest BCUT2D eigenvalue weighted by Gasteiger charge is 2.42. The molecule has 1 fully saturated rings. The summed E-state index contributed by atoms with van der Waals surface area (Å²) in [7, 11) is 1.57. The summed E-state index contributed by atoms with van der Waals surface area (Å²) in [6, 6.07) is 5.54. The lowest BCUT2D eigenvalue weighted by Crippen LogP contribution is -2.37. The molecular formula is C16H23NO3. The molecule has 0 aromatic carbocycles. The predicted octanol–water partition coefficient (Wildman–Crippen LogP) is 3.30. The summed E-state index contributed by atoms with van der Waals surface area (Å²) in [5, 5.41) is 9.68. The Morgan fingerprint density at radius 3 is 2.70 bits per heavy atom. The van der Waals surface area contributed by atoms with Crippen LogP contribution in [0.3, 0.4) is 0 Å². The zero-order valence-electron chi connectivity index (χ0n) is 12.3. The van der Waals surface area contributed by atoms with Crippen LogP contribution in [0.1, 0.15) is 44.7 Å². The zero-order chi connectivity index (χ0) is 14.6. The van der Waals surface area contributed by atoms with Gasteiger partial charge in [0.1, 0.15) is 0 Å². The summed E-state index contributed by atoms with van der Waals surface area (Å²) >= 11 is 0. The van der Waals surface area contributed by atoms with Gasteiger partial charge in [-0.2, -0.15) is 0 Å². The van der Waals surface area contributed by atoms with Crippen molar-refractivity contribution < 1.29 is 14.6 Å². The Kier molecular flexibility index (Phi) is 4.63. The van der Waals surface area contributed by atoms with Crippen molar-refractivity contribution in [3.8, 4) is 5.88 Å². The van der Waals surface area contributed by atoms with Crippen LogP contribution in [0.15, 0.2) is 18.2 Å². The molecule has 110 valence electrons. The predicted molar refractivity (Wildman–Crippen MR) is 76.8 cm³/mol. The van der Waals surface area contributed by atoms with Crippen LogP contribution in [0, 0.1) is 11.3 Å². The number of aromatic nitrogens is 1. The molecule has 0 aliphatic heterocycles. The normalized spacial score (nSPS) is 26.2. The van der Waals surface area contributed by atoms with Crippen molar-refractivity contribution in [2.75, 3.05) is 7.11 Å². The topological polar surface area (TPSA) is 59.4 Å². The van der Waals surface area contributed by atoms with Gasteiger partial charge in [-0.05, 0) is 37.7 Å². The Bertz CT molecular complexity index is 465. The highest BCUT2D eigenvalue weighted by atomic mass is 16.5. The van der Waals surface area contributed by atoms with Gasteiger partial charge < -0.3 is 9.84 Å². The third-order valence-electron chi connectivity index (χ3n) is 4.60. The van der Waals surface area contributed by atoms with E-state index in [9.17, 15) is 9.90 Å². The molecule has 4 heteroatoms. The Balaban J connectivity index is 2.15. The largest absolute Gasteiger partial charge is 0.481 e. The molecule has 0 atom stereocenters. The molecule has 1 saturated carbocycles. The monoisotopic (exact) mass is 277 g/mol. The quantitative estimate of drug-likeness (QED) is 0.897. The number of nitrogens with zero attached hydrogens (tertiary/aromatic N) is 1. The lowest BCUT2D eigenvalue weighted by molar-refractivity contribution is -0.151. The highest BCUT2D eigenvalue weighted by molar-refractivity contribution is 5.75. The second-order valence-electron chi connectivity index (χ2n) is 5.79. The van der Waals surface area contributed by atoms with Gasteiger partial charge in [-0.3, -0.25) is 4.79 Å². The third kappa shape index (κ3) is 3.11. The van der Waals surface area contributed by atoms with Gasteiger partial charge in [0, 0.05) is 18.2 Å². The number of carbonyl (C=O) groups is 1. The van der Waals surface area contributed by atoms with E-state index in [1.54, 1.807) is 13.2 Å². The maximum absolute atomic E-state index is 11.8. The molecule has 1 aromatic rings. The Labute approximate surface area is 120 Å². The molecule has 0 amide bonds. The van der Waals surface area contributed by atoms with Crippen molar-refractivity contribution in [3.05, 3.63) is 23.9 Å². The first-order valence-electron chi connectivity index (χ1n) is 7.33. The number of aliphatic carboxylic acids is 1. The summed E-state index contributed by atoms with van der Waals surface area (Å²) in [5.41, 5.74) is 0.159. The smallest absolute Gasteiger partial charge is 0.310 e. The molecule has 0 unspecified atom stereocenters. The number of pyridine rings is 1. The van der Waals surface area contributed by atoms with Crippen LogP contribution in [0.2, 0.25) is 0 Å². The lowest BCUT2D eigenvalue weighted by Gasteiger charge is -2.36. The minimum atomic E-state index is -0.684. The summed E-state index contributed by atoms with van der Waals surface area (Å²) in [5.74, 6) is 0.544. The number of methoxy groups -OCH3 is 1. The van der Waals surface area contributed by atoms with E-state index in [1.165, 1.54) is 0 Å². The van der Waals surface area contributed by atoms with Gasteiger partial charge in [0.2, 0.25) is 5.88 Å². The van der Waals surface area contributed by atoms with Crippen molar-refractivity contribution in [2.45, 2.75) is 45.4 Å². The van der Waals surface area contributed by atoms with Crippen molar-refractivity contribution in [1.29, 1.82) is 0 Å². The molecule has 1 N–H and O–H groups in total. The summed E-state index contributed by atoms with van der Waals surface area (Å²) in [6.07, 6.45) is 5.15. The Morgan fingerprint density at radius 1 is 1.45 bits per heavy atom. The van der Waals surface area contributed by atoms with Crippen molar-refractivity contribution in [2.24, 2.45) is 11.3 Å². The van der Waals surface area contributed by atoms with Gasteiger partial charge in [-0.15, -0.1) is 0 Å². The fourth-order valence-electron chi connectivity index (χ4n) is 3.12. The number of rotatable bonds is 5. The Hall–Kier alpha value is -1.58. The fourth-order valence-corrected chi connectivity index (χ4v) is 3.12. The van der Waals surface area contributed by atoms with Crippen molar-refractivity contribution in [3.63, 3.8) is 0 Å². The van der Waals surface area contributed by atoms with Gasteiger partial charge in [-0.1, -0.05) is 19.4 Å². The first-order valence-corrected chi connectivity index (χ1v) is 7.33. The average molecular weight is 277 g/mol. The van der Waals surface area contributed by atoms with Gasteiger partial charge in [0.15, 0.2) is 0 Å². The molecule has 4 nitrogen and oxygen atoms in total. The van der Waals surface area contributed by atoms with E-state index in [4.69, 9.17) is 4.74 Å². The van der Waals surface area contributed by atoms with Crippen molar-refractivity contribution >= 4 is 5.97 Å². The molecule has 0 spiro atoms. The second kappa shape index (κ2) is 6.25. The van der Waals surface area contributed by atoms with Gasteiger partial charge in [0.05, 0.1) is 12.5 Å². The number of carboxylic acid groups (broad SMARTS) is 1. The Morgan fingerprint density at radius 2 is 2.15 bits per heavy atom. The van der Waals surface area contributed by atoms with E-state index in [2.05, 4.69) is 11.9 Å². The van der Waals surface area contributed by atoms with Crippen LogP contribution in [-0.2, 0) is 11.2 Å². The molecule has 0 bridgehead atoms. The maximum Gasteiger partial charge on any atom is 0.310 e. The molecule has 20 heavy (non-hydrogen) atoms. The average Bonchev–Trinajstić information content (AvgIpc) is 2.48. The minimum Gasteiger partial charge on any atom is -0.481 e. The summed E-state index contributed by atoms with van der Waals surface area (Å²) in [6.45, 7) is 2.18. The number of carboxylic acids is 1. The van der Waals surface area contributed by atoms with Crippen LogP contribution in [0.25, 0.3) is 0 Å².